The number of carbonyl (C=O) groups is 2. The van der Waals surface area contributed by atoms with Crippen molar-refractivity contribution >= 4 is 28.6 Å². The van der Waals surface area contributed by atoms with E-state index in [1.807, 2.05) is 0 Å². The zero-order chi connectivity index (χ0) is 15.7. The Bertz CT molecular complexity index is 778. The van der Waals surface area contributed by atoms with Gasteiger partial charge in [-0.15, -0.1) is 0 Å². The van der Waals surface area contributed by atoms with Gasteiger partial charge >= 0.3 is 11.8 Å². The maximum absolute atomic E-state index is 12.1. The minimum atomic E-state index is -0.727. The number of fused-ring (bicyclic) bond motifs is 1. The lowest BCUT2D eigenvalue weighted by molar-refractivity contribution is -0.144. The predicted molar refractivity (Wildman–Crippen MR) is 78.2 cm³/mol. The van der Waals surface area contributed by atoms with Crippen molar-refractivity contribution in [1.82, 2.24) is 15.0 Å². The van der Waals surface area contributed by atoms with E-state index in [0.717, 1.165) is 12.8 Å². The molecule has 2 aromatic rings. The largest absolute Gasteiger partial charge is 0.358 e. The van der Waals surface area contributed by atoms with Gasteiger partial charge in [0.1, 0.15) is 5.39 Å². The predicted octanol–water partition coefficient (Wildman–Crippen LogP) is 0.713. The molecule has 1 atom stereocenters. The molecule has 1 aliphatic heterocycles. The van der Waals surface area contributed by atoms with E-state index in [0.29, 0.717) is 19.0 Å². The molecule has 116 valence electrons. The van der Waals surface area contributed by atoms with Gasteiger partial charge in [-0.2, -0.15) is 5.16 Å². The van der Waals surface area contributed by atoms with Crippen LogP contribution in [0, 0.1) is 5.92 Å². The summed E-state index contributed by atoms with van der Waals surface area (Å²) in [7, 11) is 0. The average Bonchev–Trinajstić information content (AvgIpc) is 2.87. The van der Waals surface area contributed by atoms with Gasteiger partial charge in [0, 0.05) is 13.1 Å². The number of hydrogen-bond donors (Lipinski definition) is 2. The number of pyridine rings is 1. The summed E-state index contributed by atoms with van der Waals surface area (Å²) in [6.07, 6.45) is 3.30. The Morgan fingerprint density at radius 3 is 3.09 bits per heavy atom. The second kappa shape index (κ2) is 5.63. The first-order chi connectivity index (χ1) is 10.5. The average molecular weight is 304 g/mol. The number of nitrogens with zero attached hydrogens (tertiary/aromatic N) is 2. The SMILES string of the molecule is CC1CCCN(C(=O)C(=O)Nc2cnc3o[nH]c(=O)c3c2)C1. The van der Waals surface area contributed by atoms with Crippen molar-refractivity contribution in [2.75, 3.05) is 18.4 Å². The molecule has 0 bridgehead atoms. The molecule has 0 radical (unpaired) electrons. The summed E-state index contributed by atoms with van der Waals surface area (Å²) in [6, 6.07) is 1.43. The van der Waals surface area contributed by atoms with Crippen LogP contribution < -0.4 is 10.9 Å². The Balaban J connectivity index is 1.73. The Hall–Kier alpha value is -2.64. The maximum atomic E-state index is 12.1. The van der Waals surface area contributed by atoms with Crippen molar-refractivity contribution in [2.45, 2.75) is 19.8 Å². The topological polar surface area (TPSA) is 108 Å². The van der Waals surface area contributed by atoms with E-state index in [1.54, 1.807) is 4.90 Å². The van der Waals surface area contributed by atoms with Crippen molar-refractivity contribution in [3.63, 3.8) is 0 Å². The van der Waals surface area contributed by atoms with Gasteiger partial charge in [0.25, 0.3) is 11.3 Å². The third kappa shape index (κ3) is 2.72. The number of aromatic nitrogens is 2. The van der Waals surface area contributed by atoms with E-state index in [-0.39, 0.29) is 16.8 Å². The van der Waals surface area contributed by atoms with Crippen LogP contribution in [0.2, 0.25) is 0 Å². The molecule has 1 fully saturated rings. The van der Waals surface area contributed by atoms with E-state index in [2.05, 4.69) is 22.4 Å². The lowest BCUT2D eigenvalue weighted by atomic mass is 10.0. The monoisotopic (exact) mass is 304 g/mol. The zero-order valence-corrected chi connectivity index (χ0v) is 12.1. The lowest BCUT2D eigenvalue weighted by Crippen LogP contribution is -2.44. The highest BCUT2D eigenvalue weighted by atomic mass is 16.5. The number of H-pyrrole nitrogens is 1. The summed E-state index contributed by atoms with van der Waals surface area (Å²) in [5, 5.41) is 4.85. The van der Waals surface area contributed by atoms with E-state index in [1.165, 1.54) is 12.3 Å². The fourth-order valence-corrected chi connectivity index (χ4v) is 2.62. The molecule has 2 aromatic heterocycles. The van der Waals surface area contributed by atoms with Crippen LogP contribution in [0.15, 0.2) is 21.6 Å². The van der Waals surface area contributed by atoms with Gasteiger partial charge in [-0.05, 0) is 24.8 Å². The van der Waals surface area contributed by atoms with E-state index >= 15 is 0 Å². The number of piperidine rings is 1. The first-order valence-electron chi connectivity index (χ1n) is 7.12. The van der Waals surface area contributed by atoms with Crippen LogP contribution in [0.3, 0.4) is 0 Å². The molecule has 1 aliphatic rings. The number of likely N-dealkylation sites (tertiary alicyclic amines) is 1. The van der Waals surface area contributed by atoms with Crippen molar-refractivity contribution in [2.24, 2.45) is 5.92 Å². The maximum Gasteiger partial charge on any atom is 0.313 e. The van der Waals surface area contributed by atoms with Gasteiger partial charge in [0.15, 0.2) is 0 Å². The van der Waals surface area contributed by atoms with Gasteiger partial charge in [-0.25, -0.2) is 4.98 Å². The van der Waals surface area contributed by atoms with Gasteiger partial charge in [0.05, 0.1) is 11.9 Å². The highest BCUT2D eigenvalue weighted by molar-refractivity contribution is 6.39. The van der Waals surface area contributed by atoms with Crippen molar-refractivity contribution in [3.8, 4) is 0 Å². The van der Waals surface area contributed by atoms with E-state index in [4.69, 9.17) is 4.52 Å². The molecule has 0 spiro atoms. The quantitative estimate of drug-likeness (QED) is 0.754. The fourth-order valence-electron chi connectivity index (χ4n) is 2.62. The normalized spacial score (nSPS) is 18.4. The van der Waals surface area contributed by atoms with Crippen molar-refractivity contribution < 1.29 is 14.1 Å². The van der Waals surface area contributed by atoms with Crippen LogP contribution in [0.5, 0.6) is 0 Å². The molecule has 0 aromatic carbocycles. The minimum absolute atomic E-state index is 0.152. The summed E-state index contributed by atoms with van der Waals surface area (Å²) in [5.41, 5.74) is -0.00299. The smallest absolute Gasteiger partial charge is 0.313 e. The van der Waals surface area contributed by atoms with Gasteiger partial charge in [0.2, 0.25) is 0 Å². The lowest BCUT2D eigenvalue weighted by Gasteiger charge is -2.30. The molecular formula is C14H16N4O4. The summed E-state index contributed by atoms with van der Waals surface area (Å²) in [5.74, 6) is -0.893. The van der Waals surface area contributed by atoms with Crippen LogP contribution in [-0.4, -0.2) is 39.9 Å². The number of rotatable bonds is 1. The molecule has 3 rings (SSSR count). The van der Waals surface area contributed by atoms with Gasteiger partial charge < -0.3 is 14.7 Å². The Labute approximate surface area is 125 Å². The fraction of sp³-hybridized carbons (Fsp3) is 0.429. The first-order valence-corrected chi connectivity index (χ1v) is 7.12. The molecule has 2 N–H and O–H groups in total. The molecule has 8 heteroatoms. The minimum Gasteiger partial charge on any atom is -0.358 e. The molecule has 0 aliphatic carbocycles. The first kappa shape index (κ1) is 14.3. The zero-order valence-electron chi connectivity index (χ0n) is 12.1. The molecule has 2 amide bonds. The number of aromatic amines is 1. The third-order valence-corrected chi connectivity index (χ3v) is 3.73. The van der Waals surface area contributed by atoms with E-state index in [9.17, 15) is 14.4 Å². The van der Waals surface area contributed by atoms with Crippen molar-refractivity contribution in [3.05, 3.63) is 22.6 Å². The molecule has 22 heavy (non-hydrogen) atoms. The molecule has 1 saturated heterocycles. The number of carbonyl (C=O) groups excluding carboxylic acids is 2. The van der Waals surface area contributed by atoms with Gasteiger partial charge in [-0.3, -0.25) is 14.4 Å². The van der Waals surface area contributed by atoms with Crippen LogP contribution in [0.25, 0.3) is 11.1 Å². The van der Waals surface area contributed by atoms with Crippen LogP contribution >= 0.6 is 0 Å². The Morgan fingerprint density at radius 2 is 2.32 bits per heavy atom. The number of hydrogen-bond acceptors (Lipinski definition) is 5. The number of amides is 2. The summed E-state index contributed by atoms with van der Waals surface area (Å²) < 4.78 is 4.83. The molecular weight excluding hydrogens is 288 g/mol. The Kier molecular flexibility index (Phi) is 3.66. The number of nitrogens with one attached hydrogen (secondary N) is 2. The highest BCUT2D eigenvalue weighted by Gasteiger charge is 2.26. The van der Waals surface area contributed by atoms with Crippen LogP contribution in [0.1, 0.15) is 19.8 Å². The van der Waals surface area contributed by atoms with Crippen LogP contribution in [0.4, 0.5) is 5.69 Å². The second-order valence-electron chi connectivity index (χ2n) is 5.56. The summed E-state index contributed by atoms with van der Waals surface area (Å²) >= 11 is 0. The third-order valence-electron chi connectivity index (χ3n) is 3.73. The molecule has 0 saturated carbocycles. The van der Waals surface area contributed by atoms with E-state index < -0.39 is 17.4 Å². The molecule has 1 unspecified atom stereocenters. The summed E-state index contributed by atoms with van der Waals surface area (Å²) in [6.45, 7) is 3.24. The molecule has 8 nitrogen and oxygen atoms in total. The molecule has 3 heterocycles. The standard InChI is InChI=1S/C14H16N4O4/c1-8-3-2-4-18(7-8)14(21)12(20)16-9-5-10-11(19)17-22-13(10)15-6-9/h5-6,8H,2-4,7H2,1H3,(H,16,20)(H,17,19). The Morgan fingerprint density at radius 1 is 1.50 bits per heavy atom. The van der Waals surface area contributed by atoms with Gasteiger partial charge in [-0.1, -0.05) is 6.92 Å². The second-order valence-corrected chi connectivity index (χ2v) is 5.56. The number of anilines is 1. The summed E-state index contributed by atoms with van der Waals surface area (Å²) in [4.78, 5) is 41.1. The van der Waals surface area contributed by atoms with Crippen LogP contribution in [-0.2, 0) is 9.59 Å². The van der Waals surface area contributed by atoms with Crippen molar-refractivity contribution in [1.29, 1.82) is 0 Å². The highest BCUT2D eigenvalue weighted by Crippen LogP contribution is 2.16.